The Morgan fingerprint density at radius 3 is 3.10 bits per heavy atom. The van der Waals surface area contributed by atoms with Crippen LogP contribution >= 0.6 is 34.1 Å². The van der Waals surface area contributed by atoms with Crippen LogP contribution in [0.5, 0.6) is 0 Å². The molecule has 4 heteroatoms. The summed E-state index contributed by atoms with van der Waals surface area (Å²) in [7, 11) is 0. The minimum Gasteiger partial charge on any atom is -0.138 e. The molecular weight excluding hydrogens is 259 g/mol. The second kappa shape index (κ2) is 2.43. The lowest BCUT2D eigenvalue weighted by Gasteiger charge is -1.86. The summed E-state index contributed by atoms with van der Waals surface area (Å²) in [5.74, 6) is 0. The first kappa shape index (κ1) is 6.48. The third-order valence-electron chi connectivity index (χ3n) is 1.23. The van der Waals surface area contributed by atoms with Gasteiger partial charge >= 0.3 is 0 Å². The Bertz CT molecular complexity index is 357. The van der Waals surface area contributed by atoms with E-state index in [9.17, 15) is 0 Å². The number of aromatic nitrogens is 2. The second-order valence-corrected chi connectivity index (χ2v) is 3.78. The van der Waals surface area contributed by atoms with Crippen LogP contribution in [0.1, 0.15) is 0 Å². The molecule has 0 saturated carbocycles. The third kappa shape index (κ3) is 0.911. The minimum atomic E-state index is 0.997. The second-order valence-electron chi connectivity index (χ2n) is 1.86. The van der Waals surface area contributed by atoms with E-state index in [2.05, 4.69) is 38.2 Å². The van der Waals surface area contributed by atoms with Crippen LogP contribution in [0.25, 0.3) is 10.2 Å². The van der Waals surface area contributed by atoms with Crippen molar-refractivity contribution < 1.29 is 0 Å². The third-order valence-corrected chi connectivity index (χ3v) is 3.27. The van der Waals surface area contributed by atoms with E-state index < -0.39 is 0 Å². The zero-order chi connectivity index (χ0) is 6.97. The molecular formula is C6H3IN2S. The summed E-state index contributed by atoms with van der Waals surface area (Å²) in [5, 5.41) is 3.94. The Kier molecular flexibility index (Phi) is 1.57. The molecule has 0 radical (unpaired) electrons. The van der Waals surface area contributed by atoms with Gasteiger partial charge in [-0.1, -0.05) is 10.6 Å². The number of halogens is 1. The number of hydrogen-bond donors (Lipinski definition) is 0. The SMILES string of the molecule is Ic1cccc2nnsc12. The smallest absolute Gasteiger partial charge is 0.107 e. The van der Waals surface area contributed by atoms with E-state index in [1.165, 1.54) is 19.8 Å². The first-order valence-electron chi connectivity index (χ1n) is 2.74. The molecule has 0 amide bonds. The van der Waals surface area contributed by atoms with E-state index in [1.807, 2.05) is 12.1 Å². The van der Waals surface area contributed by atoms with Crippen LogP contribution in [0.3, 0.4) is 0 Å². The van der Waals surface area contributed by atoms with Gasteiger partial charge in [-0.25, -0.2) is 0 Å². The van der Waals surface area contributed by atoms with Crippen LogP contribution in [0.2, 0.25) is 0 Å². The molecule has 2 rings (SSSR count). The molecule has 0 bridgehead atoms. The van der Waals surface area contributed by atoms with Gasteiger partial charge in [-0.3, -0.25) is 0 Å². The van der Waals surface area contributed by atoms with Crippen LogP contribution in [-0.4, -0.2) is 9.59 Å². The van der Waals surface area contributed by atoms with Gasteiger partial charge in [-0.05, 0) is 46.3 Å². The highest BCUT2D eigenvalue weighted by atomic mass is 127. The predicted molar refractivity (Wildman–Crippen MR) is 50.1 cm³/mol. The summed E-state index contributed by atoms with van der Waals surface area (Å²) in [5.41, 5.74) is 0.997. The van der Waals surface area contributed by atoms with Gasteiger partial charge in [0.15, 0.2) is 0 Å². The molecule has 2 aromatic rings. The molecule has 0 aliphatic rings. The number of fused-ring (bicyclic) bond motifs is 1. The van der Waals surface area contributed by atoms with E-state index in [1.54, 1.807) is 0 Å². The fourth-order valence-electron chi connectivity index (χ4n) is 0.772. The summed E-state index contributed by atoms with van der Waals surface area (Å²) >= 11 is 3.73. The monoisotopic (exact) mass is 262 g/mol. The molecule has 50 valence electrons. The fraction of sp³-hybridized carbons (Fsp3) is 0. The van der Waals surface area contributed by atoms with Gasteiger partial charge < -0.3 is 0 Å². The molecule has 10 heavy (non-hydrogen) atoms. The van der Waals surface area contributed by atoms with Crippen molar-refractivity contribution in [2.24, 2.45) is 0 Å². The molecule has 1 aromatic carbocycles. The Morgan fingerprint density at radius 1 is 1.40 bits per heavy atom. The average molecular weight is 262 g/mol. The lowest BCUT2D eigenvalue weighted by molar-refractivity contribution is 1.20. The Morgan fingerprint density at radius 2 is 2.30 bits per heavy atom. The zero-order valence-electron chi connectivity index (χ0n) is 4.91. The van der Waals surface area contributed by atoms with E-state index in [0.29, 0.717) is 0 Å². The minimum absolute atomic E-state index is 0.997. The maximum absolute atomic E-state index is 3.94. The number of benzene rings is 1. The van der Waals surface area contributed by atoms with E-state index >= 15 is 0 Å². The van der Waals surface area contributed by atoms with E-state index in [-0.39, 0.29) is 0 Å². The van der Waals surface area contributed by atoms with Crippen molar-refractivity contribution in [2.75, 3.05) is 0 Å². The normalized spacial score (nSPS) is 10.5. The number of hydrogen-bond acceptors (Lipinski definition) is 3. The van der Waals surface area contributed by atoms with Gasteiger partial charge in [0.2, 0.25) is 0 Å². The summed E-state index contributed by atoms with van der Waals surface area (Å²) in [6.45, 7) is 0. The lowest BCUT2D eigenvalue weighted by Crippen LogP contribution is -1.70. The Balaban J connectivity index is 2.95. The lowest BCUT2D eigenvalue weighted by atomic mass is 10.3. The molecule has 0 unspecified atom stereocenters. The predicted octanol–water partition coefficient (Wildman–Crippen LogP) is 2.30. The van der Waals surface area contributed by atoms with Crippen LogP contribution < -0.4 is 0 Å². The topological polar surface area (TPSA) is 25.8 Å². The van der Waals surface area contributed by atoms with Crippen LogP contribution in [0, 0.1) is 3.57 Å². The van der Waals surface area contributed by atoms with E-state index in [4.69, 9.17) is 0 Å². The molecule has 0 aliphatic heterocycles. The summed E-state index contributed by atoms with van der Waals surface area (Å²) < 4.78 is 6.26. The fourth-order valence-corrected chi connectivity index (χ4v) is 2.12. The molecule has 1 heterocycles. The van der Waals surface area contributed by atoms with Gasteiger partial charge in [-0.15, -0.1) is 5.10 Å². The van der Waals surface area contributed by atoms with Crippen molar-refractivity contribution in [3.8, 4) is 0 Å². The number of rotatable bonds is 0. The van der Waals surface area contributed by atoms with Crippen molar-refractivity contribution in [1.29, 1.82) is 0 Å². The Hall–Kier alpha value is -0.230. The van der Waals surface area contributed by atoms with Crippen molar-refractivity contribution in [2.45, 2.75) is 0 Å². The highest BCUT2D eigenvalue weighted by molar-refractivity contribution is 14.1. The quantitative estimate of drug-likeness (QED) is 0.681. The maximum atomic E-state index is 3.94. The Labute approximate surface area is 75.6 Å². The molecule has 0 N–H and O–H groups in total. The van der Waals surface area contributed by atoms with Crippen molar-refractivity contribution >= 4 is 44.3 Å². The standard InChI is InChI=1S/C6H3IN2S/c7-4-2-1-3-5-6(4)10-9-8-5/h1-3H. The van der Waals surface area contributed by atoms with Gasteiger partial charge in [0.25, 0.3) is 0 Å². The first-order chi connectivity index (χ1) is 4.88. The van der Waals surface area contributed by atoms with Gasteiger partial charge in [0.1, 0.15) is 5.52 Å². The largest absolute Gasteiger partial charge is 0.138 e. The average Bonchev–Trinajstić information content (AvgIpc) is 2.36. The zero-order valence-corrected chi connectivity index (χ0v) is 7.89. The molecule has 0 fully saturated rings. The van der Waals surface area contributed by atoms with Crippen molar-refractivity contribution in [3.05, 3.63) is 21.8 Å². The molecule has 0 atom stereocenters. The highest BCUT2D eigenvalue weighted by Crippen LogP contribution is 2.20. The maximum Gasteiger partial charge on any atom is 0.107 e. The molecule has 0 saturated heterocycles. The van der Waals surface area contributed by atoms with Crippen LogP contribution in [0.15, 0.2) is 18.2 Å². The molecule has 2 nitrogen and oxygen atoms in total. The molecule has 0 aliphatic carbocycles. The molecule has 0 spiro atoms. The summed E-state index contributed by atoms with van der Waals surface area (Å²) in [6.07, 6.45) is 0. The van der Waals surface area contributed by atoms with Crippen molar-refractivity contribution in [1.82, 2.24) is 9.59 Å². The van der Waals surface area contributed by atoms with E-state index in [0.717, 1.165) is 5.52 Å². The number of nitrogens with zero attached hydrogens (tertiary/aromatic N) is 2. The van der Waals surface area contributed by atoms with Crippen molar-refractivity contribution in [3.63, 3.8) is 0 Å². The van der Waals surface area contributed by atoms with Gasteiger partial charge in [0, 0.05) is 3.57 Å². The van der Waals surface area contributed by atoms with Crippen LogP contribution in [0.4, 0.5) is 0 Å². The first-order valence-corrected chi connectivity index (χ1v) is 4.60. The van der Waals surface area contributed by atoms with Gasteiger partial charge in [-0.2, -0.15) is 0 Å². The molecule has 1 aromatic heterocycles. The summed E-state index contributed by atoms with van der Waals surface area (Å²) in [4.78, 5) is 0. The summed E-state index contributed by atoms with van der Waals surface area (Å²) in [6, 6.07) is 6.02. The van der Waals surface area contributed by atoms with Gasteiger partial charge in [0.05, 0.1) is 4.70 Å². The highest BCUT2D eigenvalue weighted by Gasteiger charge is 1.99. The van der Waals surface area contributed by atoms with Crippen LogP contribution in [-0.2, 0) is 0 Å².